The summed E-state index contributed by atoms with van der Waals surface area (Å²) >= 11 is 4.23. The summed E-state index contributed by atoms with van der Waals surface area (Å²) in [6, 6.07) is 0.874. The van der Waals surface area contributed by atoms with E-state index in [1.54, 1.807) is 0 Å². The van der Waals surface area contributed by atoms with Crippen LogP contribution >= 0.6 is 12.6 Å². The SMILES string of the molecule is CN(CCCS)C1CCCCC1. The zero-order valence-electron chi connectivity index (χ0n) is 8.13. The van der Waals surface area contributed by atoms with Crippen molar-refractivity contribution in [3.8, 4) is 0 Å². The van der Waals surface area contributed by atoms with Crippen LogP contribution in [0.1, 0.15) is 38.5 Å². The highest BCUT2D eigenvalue weighted by Gasteiger charge is 2.16. The topological polar surface area (TPSA) is 3.24 Å². The molecule has 2 heteroatoms. The lowest BCUT2D eigenvalue weighted by Crippen LogP contribution is -2.34. The van der Waals surface area contributed by atoms with Crippen molar-refractivity contribution < 1.29 is 0 Å². The van der Waals surface area contributed by atoms with Crippen LogP contribution in [-0.2, 0) is 0 Å². The first kappa shape index (κ1) is 10.4. The van der Waals surface area contributed by atoms with Gasteiger partial charge < -0.3 is 4.90 Å². The van der Waals surface area contributed by atoms with Gasteiger partial charge in [-0.05, 0) is 38.6 Å². The summed E-state index contributed by atoms with van der Waals surface area (Å²) in [5.41, 5.74) is 0. The maximum atomic E-state index is 4.23. The van der Waals surface area contributed by atoms with Gasteiger partial charge in [-0.3, -0.25) is 0 Å². The van der Waals surface area contributed by atoms with Gasteiger partial charge in [0.05, 0.1) is 0 Å². The van der Waals surface area contributed by atoms with Gasteiger partial charge in [0.15, 0.2) is 0 Å². The Kier molecular flexibility index (Phi) is 5.08. The largest absolute Gasteiger partial charge is 0.303 e. The highest BCUT2D eigenvalue weighted by atomic mass is 32.1. The first-order valence-electron chi connectivity index (χ1n) is 5.15. The first-order valence-corrected chi connectivity index (χ1v) is 5.79. The molecule has 0 unspecified atom stereocenters. The van der Waals surface area contributed by atoms with Crippen LogP contribution in [-0.4, -0.2) is 30.3 Å². The predicted molar refractivity (Wildman–Crippen MR) is 58.0 cm³/mol. The van der Waals surface area contributed by atoms with E-state index in [1.807, 2.05) is 0 Å². The number of nitrogens with zero attached hydrogens (tertiary/aromatic N) is 1. The molecule has 72 valence electrons. The lowest BCUT2D eigenvalue weighted by molar-refractivity contribution is 0.192. The molecule has 0 atom stereocenters. The van der Waals surface area contributed by atoms with Gasteiger partial charge in [-0.2, -0.15) is 12.6 Å². The monoisotopic (exact) mass is 187 g/mol. The van der Waals surface area contributed by atoms with Crippen molar-refractivity contribution in [2.24, 2.45) is 0 Å². The Morgan fingerprint density at radius 1 is 1.25 bits per heavy atom. The first-order chi connectivity index (χ1) is 5.84. The van der Waals surface area contributed by atoms with Crippen LogP contribution in [0.5, 0.6) is 0 Å². The minimum atomic E-state index is 0.874. The summed E-state index contributed by atoms with van der Waals surface area (Å²) in [5, 5.41) is 0. The van der Waals surface area contributed by atoms with Crippen molar-refractivity contribution in [3.63, 3.8) is 0 Å². The number of hydrogen-bond donors (Lipinski definition) is 1. The van der Waals surface area contributed by atoms with E-state index < -0.39 is 0 Å². The van der Waals surface area contributed by atoms with Crippen LogP contribution in [0, 0.1) is 0 Å². The van der Waals surface area contributed by atoms with E-state index >= 15 is 0 Å². The van der Waals surface area contributed by atoms with E-state index in [4.69, 9.17) is 0 Å². The van der Waals surface area contributed by atoms with Crippen molar-refractivity contribution in [3.05, 3.63) is 0 Å². The molecule has 1 saturated carbocycles. The van der Waals surface area contributed by atoms with E-state index in [9.17, 15) is 0 Å². The highest BCUT2D eigenvalue weighted by Crippen LogP contribution is 2.21. The molecular formula is C10H21NS. The van der Waals surface area contributed by atoms with E-state index in [0.717, 1.165) is 11.8 Å². The lowest BCUT2D eigenvalue weighted by Gasteiger charge is -2.30. The Morgan fingerprint density at radius 3 is 2.50 bits per heavy atom. The van der Waals surface area contributed by atoms with Gasteiger partial charge in [0.2, 0.25) is 0 Å². The van der Waals surface area contributed by atoms with Crippen LogP contribution in [0.2, 0.25) is 0 Å². The third kappa shape index (κ3) is 3.36. The van der Waals surface area contributed by atoms with E-state index in [1.165, 1.54) is 45.1 Å². The lowest BCUT2D eigenvalue weighted by atomic mass is 9.94. The smallest absolute Gasteiger partial charge is 0.00922 e. The van der Waals surface area contributed by atoms with Gasteiger partial charge >= 0.3 is 0 Å². The van der Waals surface area contributed by atoms with E-state index in [2.05, 4.69) is 24.6 Å². The third-order valence-electron chi connectivity index (χ3n) is 2.87. The molecule has 0 spiro atoms. The van der Waals surface area contributed by atoms with Crippen molar-refractivity contribution in [1.29, 1.82) is 0 Å². The number of thiol groups is 1. The molecule has 0 aliphatic heterocycles. The van der Waals surface area contributed by atoms with Crippen molar-refractivity contribution in [1.82, 2.24) is 4.90 Å². The zero-order chi connectivity index (χ0) is 8.81. The maximum absolute atomic E-state index is 4.23. The molecule has 0 N–H and O–H groups in total. The maximum Gasteiger partial charge on any atom is 0.00922 e. The molecular weight excluding hydrogens is 166 g/mol. The molecule has 0 bridgehead atoms. The van der Waals surface area contributed by atoms with Crippen molar-refractivity contribution >= 4 is 12.6 Å². The van der Waals surface area contributed by atoms with Crippen LogP contribution in [0.15, 0.2) is 0 Å². The Morgan fingerprint density at radius 2 is 1.92 bits per heavy atom. The number of rotatable bonds is 4. The highest BCUT2D eigenvalue weighted by molar-refractivity contribution is 7.80. The molecule has 1 nitrogen and oxygen atoms in total. The zero-order valence-corrected chi connectivity index (χ0v) is 9.02. The molecule has 0 aromatic carbocycles. The molecule has 0 heterocycles. The van der Waals surface area contributed by atoms with Gasteiger partial charge in [-0.1, -0.05) is 19.3 Å². The van der Waals surface area contributed by atoms with Crippen LogP contribution in [0.3, 0.4) is 0 Å². The van der Waals surface area contributed by atoms with Gasteiger partial charge in [-0.25, -0.2) is 0 Å². The van der Waals surface area contributed by atoms with Crippen LogP contribution in [0.4, 0.5) is 0 Å². The molecule has 1 aliphatic rings. The Bertz CT molecular complexity index is 110. The Labute approximate surface area is 81.9 Å². The summed E-state index contributed by atoms with van der Waals surface area (Å²) in [5.74, 6) is 1.02. The quantitative estimate of drug-likeness (QED) is 0.662. The van der Waals surface area contributed by atoms with Gasteiger partial charge in [-0.15, -0.1) is 0 Å². The van der Waals surface area contributed by atoms with Crippen LogP contribution < -0.4 is 0 Å². The van der Waals surface area contributed by atoms with Gasteiger partial charge in [0.25, 0.3) is 0 Å². The Hall–Kier alpha value is 0.310. The number of hydrogen-bond acceptors (Lipinski definition) is 2. The normalized spacial score (nSPS) is 20.2. The molecule has 1 rings (SSSR count). The second-order valence-corrected chi connectivity index (χ2v) is 4.30. The van der Waals surface area contributed by atoms with E-state index in [0.29, 0.717) is 0 Å². The summed E-state index contributed by atoms with van der Waals surface area (Å²) in [4.78, 5) is 2.52. The molecule has 0 amide bonds. The van der Waals surface area contributed by atoms with Gasteiger partial charge in [0, 0.05) is 6.04 Å². The molecule has 0 saturated heterocycles. The second kappa shape index (κ2) is 5.87. The minimum Gasteiger partial charge on any atom is -0.303 e. The average Bonchev–Trinajstić information content (AvgIpc) is 2.15. The second-order valence-electron chi connectivity index (χ2n) is 3.85. The third-order valence-corrected chi connectivity index (χ3v) is 3.18. The molecule has 12 heavy (non-hydrogen) atoms. The molecule has 1 aliphatic carbocycles. The fourth-order valence-electron chi connectivity index (χ4n) is 2.02. The molecule has 0 radical (unpaired) electrons. The fraction of sp³-hybridized carbons (Fsp3) is 1.00. The molecule has 0 aromatic rings. The van der Waals surface area contributed by atoms with Gasteiger partial charge in [0.1, 0.15) is 0 Å². The summed E-state index contributed by atoms with van der Waals surface area (Å²) in [6.07, 6.45) is 8.41. The molecule has 1 fully saturated rings. The van der Waals surface area contributed by atoms with Crippen LogP contribution in [0.25, 0.3) is 0 Å². The predicted octanol–water partition coefficient (Wildman–Crippen LogP) is 2.57. The summed E-state index contributed by atoms with van der Waals surface area (Å²) < 4.78 is 0. The average molecular weight is 187 g/mol. The fourth-order valence-corrected chi connectivity index (χ4v) is 2.17. The van der Waals surface area contributed by atoms with E-state index in [-0.39, 0.29) is 0 Å². The molecule has 0 aromatic heterocycles. The Balaban J connectivity index is 2.15. The minimum absolute atomic E-state index is 0.874. The standard InChI is InChI=1S/C10H21NS/c1-11(8-5-9-12)10-6-3-2-4-7-10/h10,12H,2-9H2,1H3. The summed E-state index contributed by atoms with van der Waals surface area (Å²) in [7, 11) is 2.26. The van der Waals surface area contributed by atoms with Crippen molar-refractivity contribution in [2.45, 2.75) is 44.6 Å². The van der Waals surface area contributed by atoms with Crippen molar-refractivity contribution in [2.75, 3.05) is 19.3 Å². The summed E-state index contributed by atoms with van der Waals surface area (Å²) in [6.45, 7) is 1.23.